The molecule has 0 unspecified atom stereocenters. The average Bonchev–Trinajstić information content (AvgIpc) is 1.91. The van der Waals surface area contributed by atoms with Crippen molar-refractivity contribution >= 4 is 46.4 Å². The van der Waals surface area contributed by atoms with Crippen LogP contribution in [0.1, 0.15) is 0 Å². The summed E-state index contributed by atoms with van der Waals surface area (Å²) < 4.78 is 26.4. The van der Waals surface area contributed by atoms with Gasteiger partial charge in [0.15, 0.2) is 0 Å². The molecule has 0 N–H and O–H groups in total. The second kappa shape index (κ2) is 2.60. The van der Waals surface area contributed by atoms with Crippen molar-refractivity contribution in [3.8, 4) is 0 Å². The van der Waals surface area contributed by atoms with Crippen LogP contribution in [0.25, 0.3) is 0 Å². The van der Waals surface area contributed by atoms with Crippen LogP contribution in [0.15, 0.2) is 10.1 Å². The Kier molecular flexibility index (Phi) is 2.32. The first-order valence-corrected chi connectivity index (χ1v) is 3.80. The molecule has 11 heavy (non-hydrogen) atoms. The maximum absolute atomic E-state index is 12.4. The van der Waals surface area contributed by atoms with E-state index in [0.717, 1.165) is 0 Å². The van der Waals surface area contributed by atoms with Crippen molar-refractivity contribution in [2.45, 2.75) is 10.6 Å². The number of ether oxygens (including phenoxy) is 1. The molecule has 1 rings (SSSR count). The molecule has 0 amide bonds. The van der Waals surface area contributed by atoms with Crippen molar-refractivity contribution in [1.82, 2.24) is 0 Å². The second-order valence-corrected chi connectivity index (χ2v) is 3.78. The van der Waals surface area contributed by atoms with Gasteiger partial charge >= 0.3 is 6.11 Å². The first-order chi connectivity index (χ1) is 4.77. The third kappa shape index (κ3) is 1.58. The van der Waals surface area contributed by atoms with Crippen molar-refractivity contribution in [3.05, 3.63) is 10.1 Å². The van der Waals surface area contributed by atoms with E-state index in [9.17, 15) is 8.78 Å². The van der Waals surface area contributed by atoms with Gasteiger partial charge in [-0.05, 0) is 0 Å². The molecule has 0 atom stereocenters. The lowest BCUT2D eigenvalue weighted by molar-refractivity contribution is -0.201. The molecule has 0 saturated heterocycles. The maximum atomic E-state index is 12.4. The summed E-state index contributed by atoms with van der Waals surface area (Å²) in [6.45, 7) is 0. The molecule has 0 saturated carbocycles. The van der Waals surface area contributed by atoms with E-state index in [1.807, 2.05) is 0 Å². The largest absolute Gasteiger partial charge is 0.397 e. The number of hydrogen-bond donors (Lipinski definition) is 0. The van der Waals surface area contributed by atoms with E-state index in [4.69, 9.17) is 46.4 Å². The zero-order valence-electron chi connectivity index (χ0n) is 4.68. The zero-order valence-corrected chi connectivity index (χ0v) is 7.70. The summed E-state index contributed by atoms with van der Waals surface area (Å²) in [6.07, 6.45) is -3.69. The monoisotopic (exact) mass is 242 g/mol. The van der Waals surface area contributed by atoms with Gasteiger partial charge in [0.2, 0.25) is 0 Å². The summed E-state index contributed by atoms with van der Waals surface area (Å²) in [7, 11) is 0. The minimum absolute atomic E-state index is 0.604. The Morgan fingerprint density at radius 2 is 1.55 bits per heavy atom. The smallest absolute Gasteiger partial charge is 0.273 e. The van der Waals surface area contributed by atoms with Gasteiger partial charge < -0.3 is 0 Å². The van der Waals surface area contributed by atoms with Gasteiger partial charge in [0.05, 0.1) is 0 Å². The molecule has 0 radical (unpaired) electrons. The summed E-state index contributed by atoms with van der Waals surface area (Å²) in [4.78, 5) is 0. The van der Waals surface area contributed by atoms with Gasteiger partial charge in [-0.1, -0.05) is 46.4 Å². The standard InChI is InChI=1S/C4Cl4F2O/c5-1-2(6)4(9,10)11-3(1,7)8. The van der Waals surface area contributed by atoms with Crippen LogP contribution >= 0.6 is 46.4 Å². The van der Waals surface area contributed by atoms with Crippen LogP contribution < -0.4 is 0 Å². The van der Waals surface area contributed by atoms with Gasteiger partial charge in [-0.25, -0.2) is 0 Å². The molecule has 64 valence electrons. The third-order valence-corrected chi connectivity index (χ3v) is 2.65. The first kappa shape index (κ1) is 9.81. The molecule has 0 bridgehead atoms. The molecule has 1 aliphatic heterocycles. The molecule has 1 nitrogen and oxygen atoms in total. The molecule has 7 heteroatoms. The lowest BCUT2D eigenvalue weighted by atomic mass is 10.5. The Bertz CT molecular complexity index is 202. The Labute approximate surface area is 80.8 Å². The normalized spacial score (nSPS) is 27.8. The molecule has 0 aromatic carbocycles. The molecular weight excluding hydrogens is 244 g/mol. The summed E-state index contributed by atoms with van der Waals surface area (Å²) in [6, 6.07) is 0. The zero-order chi connectivity index (χ0) is 8.86. The highest BCUT2D eigenvalue weighted by molar-refractivity contribution is 6.57. The van der Waals surface area contributed by atoms with Gasteiger partial charge in [0.1, 0.15) is 10.1 Å². The van der Waals surface area contributed by atoms with Crippen molar-refractivity contribution in [2.24, 2.45) is 0 Å². The summed E-state index contributed by atoms with van der Waals surface area (Å²) >= 11 is 20.6. The van der Waals surface area contributed by atoms with Crippen molar-refractivity contribution in [1.29, 1.82) is 0 Å². The summed E-state index contributed by atoms with van der Waals surface area (Å²) in [5.41, 5.74) is 0. The number of halogens is 6. The number of alkyl halides is 4. The molecule has 0 aromatic heterocycles. The van der Waals surface area contributed by atoms with E-state index in [-0.39, 0.29) is 0 Å². The van der Waals surface area contributed by atoms with Crippen molar-refractivity contribution < 1.29 is 13.5 Å². The van der Waals surface area contributed by atoms with E-state index in [1.54, 1.807) is 0 Å². The van der Waals surface area contributed by atoms with Crippen LogP contribution in [-0.4, -0.2) is 10.6 Å². The first-order valence-electron chi connectivity index (χ1n) is 2.29. The topological polar surface area (TPSA) is 9.23 Å². The van der Waals surface area contributed by atoms with Crippen LogP contribution in [0.3, 0.4) is 0 Å². The van der Waals surface area contributed by atoms with Gasteiger partial charge in [-0.2, -0.15) is 8.78 Å². The predicted molar refractivity (Wildman–Crippen MR) is 39.2 cm³/mol. The fourth-order valence-corrected chi connectivity index (χ4v) is 1.31. The van der Waals surface area contributed by atoms with Gasteiger partial charge in [0, 0.05) is 0 Å². The van der Waals surface area contributed by atoms with Crippen LogP contribution in [-0.2, 0) is 4.74 Å². The summed E-state index contributed by atoms with van der Waals surface area (Å²) in [5.74, 6) is 0. The maximum Gasteiger partial charge on any atom is 0.397 e. The van der Waals surface area contributed by atoms with E-state index < -0.39 is 20.7 Å². The van der Waals surface area contributed by atoms with Crippen molar-refractivity contribution in [2.75, 3.05) is 0 Å². The number of rotatable bonds is 0. The van der Waals surface area contributed by atoms with E-state index >= 15 is 0 Å². The minimum atomic E-state index is -3.69. The number of hydrogen-bond acceptors (Lipinski definition) is 1. The van der Waals surface area contributed by atoms with E-state index in [1.165, 1.54) is 0 Å². The highest BCUT2D eigenvalue weighted by atomic mass is 35.5. The highest BCUT2D eigenvalue weighted by Gasteiger charge is 2.55. The third-order valence-electron chi connectivity index (χ3n) is 0.960. The molecule has 1 aliphatic rings. The lowest BCUT2D eigenvalue weighted by Crippen LogP contribution is -2.22. The fourth-order valence-electron chi connectivity index (χ4n) is 0.506. The average molecular weight is 244 g/mol. The Morgan fingerprint density at radius 1 is 1.09 bits per heavy atom. The van der Waals surface area contributed by atoms with Crippen LogP contribution in [0, 0.1) is 0 Å². The molecule has 1 heterocycles. The Balaban J connectivity index is 3.09. The highest BCUT2D eigenvalue weighted by Crippen LogP contribution is 2.52. The van der Waals surface area contributed by atoms with Gasteiger partial charge in [0.25, 0.3) is 4.52 Å². The summed E-state index contributed by atoms with van der Waals surface area (Å²) in [5, 5.41) is -1.59. The van der Waals surface area contributed by atoms with Gasteiger partial charge in [-0.3, -0.25) is 4.74 Å². The minimum Gasteiger partial charge on any atom is -0.273 e. The van der Waals surface area contributed by atoms with Gasteiger partial charge in [-0.15, -0.1) is 0 Å². The SMILES string of the molecule is FC1(F)OC(Cl)(Cl)C(Cl)=C1Cl. The van der Waals surface area contributed by atoms with E-state index in [2.05, 4.69) is 4.74 Å². The van der Waals surface area contributed by atoms with Crippen LogP contribution in [0.5, 0.6) is 0 Å². The van der Waals surface area contributed by atoms with E-state index in [0.29, 0.717) is 0 Å². The predicted octanol–water partition coefficient (Wildman–Crippen LogP) is 3.43. The Hall–Kier alpha value is 0.720. The Morgan fingerprint density at radius 3 is 1.64 bits per heavy atom. The van der Waals surface area contributed by atoms with Crippen LogP contribution in [0.2, 0.25) is 0 Å². The molecule has 0 fully saturated rings. The lowest BCUT2D eigenvalue weighted by Gasteiger charge is -2.14. The second-order valence-electron chi connectivity index (χ2n) is 1.76. The molecule has 0 aliphatic carbocycles. The molecular formula is C4Cl4F2O. The quantitative estimate of drug-likeness (QED) is 0.593. The molecule has 0 spiro atoms. The van der Waals surface area contributed by atoms with Crippen molar-refractivity contribution in [3.63, 3.8) is 0 Å². The van der Waals surface area contributed by atoms with Crippen LogP contribution in [0.4, 0.5) is 8.78 Å². The fraction of sp³-hybridized carbons (Fsp3) is 0.500. The molecule has 0 aromatic rings.